The SMILES string of the molecule is CN(C)CCN1C=COc2cc(Br)c(Cl)c3c2=C1NCN=3. The maximum absolute atomic E-state index is 6.37. The molecule has 0 fully saturated rings. The van der Waals surface area contributed by atoms with E-state index in [0.717, 1.165) is 39.7 Å². The Morgan fingerprint density at radius 2 is 2.33 bits per heavy atom. The summed E-state index contributed by atoms with van der Waals surface area (Å²) < 4.78 is 6.51. The third kappa shape index (κ3) is 2.75. The summed E-state index contributed by atoms with van der Waals surface area (Å²) in [6, 6.07) is 1.88. The highest BCUT2D eigenvalue weighted by Gasteiger charge is 2.20. The molecule has 0 unspecified atom stereocenters. The van der Waals surface area contributed by atoms with Crippen molar-refractivity contribution in [3.63, 3.8) is 0 Å². The molecule has 0 radical (unpaired) electrons. The van der Waals surface area contributed by atoms with Gasteiger partial charge in [0, 0.05) is 23.8 Å². The fourth-order valence-corrected chi connectivity index (χ4v) is 2.94. The molecule has 0 saturated carbocycles. The van der Waals surface area contributed by atoms with Gasteiger partial charge in [0.1, 0.15) is 24.5 Å². The van der Waals surface area contributed by atoms with Crippen LogP contribution in [0.25, 0.3) is 5.82 Å². The maximum atomic E-state index is 6.37. The van der Waals surface area contributed by atoms with E-state index in [0.29, 0.717) is 11.7 Å². The van der Waals surface area contributed by atoms with Crippen LogP contribution in [-0.2, 0) is 0 Å². The lowest BCUT2D eigenvalue weighted by Crippen LogP contribution is -2.45. The fraction of sp³-hybridized carbons (Fsp3) is 0.357. The molecule has 2 aliphatic heterocycles. The molecule has 7 heteroatoms. The molecule has 0 aliphatic carbocycles. The zero-order valence-electron chi connectivity index (χ0n) is 11.9. The van der Waals surface area contributed by atoms with Gasteiger partial charge in [-0.25, -0.2) is 0 Å². The van der Waals surface area contributed by atoms with E-state index in [2.05, 4.69) is 50.1 Å². The highest BCUT2D eigenvalue weighted by atomic mass is 79.9. The molecule has 2 heterocycles. The van der Waals surface area contributed by atoms with Gasteiger partial charge < -0.3 is 19.9 Å². The minimum atomic E-state index is 0.504. The summed E-state index contributed by atoms with van der Waals surface area (Å²) in [6.07, 6.45) is 3.63. The molecule has 0 aromatic heterocycles. The number of hydrogen-bond acceptors (Lipinski definition) is 5. The van der Waals surface area contributed by atoms with Gasteiger partial charge in [-0.15, -0.1) is 0 Å². The summed E-state index contributed by atoms with van der Waals surface area (Å²) in [5.41, 5.74) is 0. The largest absolute Gasteiger partial charge is 0.463 e. The molecule has 2 aliphatic rings. The second-order valence-electron chi connectivity index (χ2n) is 5.14. The Bertz CT molecular complexity index is 717. The Balaban J connectivity index is 2.18. The molecular formula is C14H16BrClN4O. The molecule has 0 atom stereocenters. The van der Waals surface area contributed by atoms with E-state index in [1.54, 1.807) is 6.26 Å². The predicted molar refractivity (Wildman–Crippen MR) is 86.4 cm³/mol. The van der Waals surface area contributed by atoms with Gasteiger partial charge in [-0.3, -0.25) is 4.99 Å². The van der Waals surface area contributed by atoms with Gasteiger partial charge in [-0.2, -0.15) is 0 Å². The zero-order valence-corrected chi connectivity index (χ0v) is 14.2. The number of nitrogens with zero attached hydrogens (tertiary/aromatic N) is 3. The predicted octanol–water partition coefficient (Wildman–Crippen LogP) is 1.08. The Kier molecular flexibility index (Phi) is 4.10. The smallest absolute Gasteiger partial charge is 0.140 e. The fourth-order valence-electron chi connectivity index (χ4n) is 2.33. The molecule has 1 aromatic rings. The van der Waals surface area contributed by atoms with Crippen molar-refractivity contribution in [3.05, 3.63) is 38.6 Å². The van der Waals surface area contributed by atoms with Crippen molar-refractivity contribution >= 4 is 33.4 Å². The molecule has 1 N–H and O–H groups in total. The topological polar surface area (TPSA) is 40.1 Å². The van der Waals surface area contributed by atoms with E-state index >= 15 is 0 Å². The number of rotatable bonds is 3. The van der Waals surface area contributed by atoms with Gasteiger partial charge in [0.15, 0.2) is 0 Å². The summed E-state index contributed by atoms with van der Waals surface area (Å²) in [7, 11) is 4.11. The van der Waals surface area contributed by atoms with Crippen LogP contribution in [0.3, 0.4) is 0 Å². The van der Waals surface area contributed by atoms with Crippen molar-refractivity contribution in [2.45, 2.75) is 0 Å². The Morgan fingerprint density at radius 1 is 1.52 bits per heavy atom. The first-order valence-corrected chi connectivity index (χ1v) is 7.80. The molecule has 0 spiro atoms. The Morgan fingerprint density at radius 3 is 3.10 bits per heavy atom. The number of nitrogens with one attached hydrogen (secondary N) is 1. The average Bonchev–Trinajstić information content (AvgIpc) is 2.63. The summed E-state index contributed by atoms with van der Waals surface area (Å²) in [4.78, 5) is 8.75. The highest BCUT2D eigenvalue weighted by molar-refractivity contribution is 9.10. The van der Waals surface area contributed by atoms with Crippen LogP contribution in [0.5, 0.6) is 5.75 Å². The van der Waals surface area contributed by atoms with E-state index in [1.165, 1.54) is 0 Å². The van der Waals surface area contributed by atoms with E-state index < -0.39 is 0 Å². The minimum absolute atomic E-state index is 0.504. The van der Waals surface area contributed by atoms with Crippen molar-refractivity contribution in [2.75, 3.05) is 33.9 Å². The average molecular weight is 372 g/mol. The molecule has 0 bridgehead atoms. The summed E-state index contributed by atoms with van der Waals surface area (Å²) in [5, 5.41) is 5.63. The molecular weight excluding hydrogens is 356 g/mol. The number of hydrogen-bond donors (Lipinski definition) is 1. The standard InChI is InChI=1S/C14H16BrClN4O/c1-19(2)3-4-20-5-6-21-10-7-9(15)12(16)13-11(10)14(20)18-8-17-13/h5-7,18H,3-4,8H2,1-2H3. The lowest BCUT2D eigenvalue weighted by molar-refractivity contribution is 0.353. The number of halogens is 2. The maximum Gasteiger partial charge on any atom is 0.140 e. The van der Waals surface area contributed by atoms with Crippen LogP contribution in [0.1, 0.15) is 0 Å². The lowest BCUT2D eigenvalue weighted by Gasteiger charge is -2.26. The van der Waals surface area contributed by atoms with E-state index in [4.69, 9.17) is 16.3 Å². The van der Waals surface area contributed by atoms with Crippen LogP contribution < -0.4 is 20.6 Å². The molecule has 0 amide bonds. The van der Waals surface area contributed by atoms with Crippen LogP contribution >= 0.6 is 27.5 Å². The van der Waals surface area contributed by atoms with Crippen molar-refractivity contribution in [1.29, 1.82) is 0 Å². The Hall–Kier alpha value is -1.24. The van der Waals surface area contributed by atoms with Crippen molar-refractivity contribution in [1.82, 2.24) is 15.1 Å². The monoisotopic (exact) mass is 370 g/mol. The van der Waals surface area contributed by atoms with Crippen molar-refractivity contribution in [2.24, 2.45) is 4.99 Å². The van der Waals surface area contributed by atoms with Gasteiger partial charge in [-0.1, -0.05) is 11.6 Å². The number of benzene rings is 1. The number of likely N-dealkylation sites (N-methyl/N-ethyl adjacent to an activating group) is 1. The third-order valence-corrected chi connectivity index (χ3v) is 4.63. The lowest BCUT2D eigenvalue weighted by atomic mass is 10.2. The van der Waals surface area contributed by atoms with Crippen LogP contribution in [0.4, 0.5) is 0 Å². The van der Waals surface area contributed by atoms with Crippen molar-refractivity contribution < 1.29 is 4.74 Å². The zero-order chi connectivity index (χ0) is 15.0. The van der Waals surface area contributed by atoms with E-state index in [9.17, 15) is 0 Å². The van der Waals surface area contributed by atoms with Crippen LogP contribution in [-0.4, -0.2) is 43.7 Å². The van der Waals surface area contributed by atoms with Gasteiger partial charge in [0.25, 0.3) is 0 Å². The molecule has 1 aromatic carbocycles. The second kappa shape index (κ2) is 5.87. The molecule has 21 heavy (non-hydrogen) atoms. The highest BCUT2D eigenvalue weighted by Crippen LogP contribution is 2.23. The Labute approximate surface area is 136 Å². The van der Waals surface area contributed by atoms with Gasteiger partial charge in [0.05, 0.1) is 15.6 Å². The van der Waals surface area contributed by atoms with E-state index in [1.807, 2.05) is 12.3 Å². The first-order chi connectivity index (χ1) is 10.1. The third-order valence-electron chi connectivity index (χ3n) is 3.39. The molecule has 112 valence electrons. The number of ether oxygens (including phenoxy) is 1. The van der Waals surface area contributed by atoms with Gasteiger partial charge in [-0.05, 0) is 36.1 Å². The first-order valence-electron chi connectivity index (χ1n) is 6.63. The second-order valence-corrected chi connectivity index (χ2v) is 6.37. The van der Waals surface area contributed by atoms with Gasteiger partial charge in [0.2, 0.25) is 0 Å². The van der Waals surface area contributed by atoms with Crippen LogP contribution in [0.2, 0.25) is 5.02 Å². The van der Waals surface area contributed by atoms with Crippen molar-refractivity contribution in [3.8, 4) is 5.75 Å². The normalized spacial score (nSPS) is 16.0. The minimum Gasteiger partial charge on any atom is -0.463 e. The van der Waals surface area contributed by atoms with Crippen LogP contribution in [0, 0.1) is 0 Å². The summed E-state index contributed by atoms with van der Waals surface area (Å²) in [6.45, 7) is 2.29. The van der Waals surface area contributed by atoms with Gasteiger partial charge >= 0.3 is 0 Å². The summed E-state index contributed by atoms with van der Waals surface area (Å²) >= 11 is 9.83. The molecule has 5 nitrogen and oxygen atoms in total. The van der Waals surface area contributed by atoms with Crippen LogP contribution in [0.15, 0.2) is 28.0 Å². The molecule has 3 rings (SSSR count). The first kappa shape index (κ1) is 14.7. The quantitative estimate of drug-likeness (QED) is 0.863. The molecule has 0 saturated heterocycles. The van der Waals surface area contributed by atoms with E-state index in [-0.39, 0.29) is 0 Å². The summed E-state index contributed by atoms with van der Waals surface area (Å²) in [5.74, 6) is 1.73.